The highest BCUT2D eigenvalue weighted by Gasteiger charge is 2.12. The number of hydrogen-bond acceptors (Lipinski definition) is 4. The summed E-state index contributed by atoms with van der Waals surface area (Å²) < 4.78 is 5.44. The highest BCUT2D eigenvalue weighted by atomic mass is 35.5. The number of benzene rings is 2. The molecule has 0 radical (unpaired) electrons. The molecule has 2 aromatic rings. The van der Waals surface area contributed by atoms with Gasteiger partial charge in [0.2, 0.25) is 0 Å². The van der Waals surface area contributed by atoms with Gasteiger partial charge >= 0.3 is 0 Å². The van der Waals surface area contributed by atoms with Crippen LogP contribution in [-0.4, -0.2) is 11.2 Å². The van der Waals surface area contributed by atoms with E-state index < -0.39 is 4.92 Å². The van der Waals surface area contributed by atoms with E-state index in [-0.39, 0.29) is 27.8 Å². The van der Waals surface area contributed by atoms with Crippen LogP contribution in [0.5, 0.6) is 11.5 Å². The molecule has 0 unspecified atom stereocenters. The number of rotatable bonds is 4. The van der Waals surface area contributed by atoms with Gasteiger partial charge in [-0.25, -0.2) is 0 Å². The molecule has 102 valence electrons. The third-order valence-electron chi connectivity index (χ3n) is 2.38. The van der Waals surface area contributed by atoms with Crippen molar-refractivity contribution in [1.82, 2.24) is 0 Å². The summed E-state index contributed by atoms with van der Waals surface area (Å²) in [6.45, 7) is 0. The van der Waals surface area contributed by atoms with Crippen LogP contribution in [0.2, 0.25) is 10.0 Å². The monoisotopic (exact) mass is 311 g/mol. The molecule has 2 aromatic carbocycles. The Morgan fingerprint density at radius 3 is 2.50 bits per heavy atom. The first-order valence-corrected chi connectivity index (χ1v) is 6.13. The maximum Gasteiger partial charge on any atom is 0.273 e. The van der Waals surface area contributed by atoms with Crippen molar-refractivity contribution in [3.63, 3.8) is 0 Å². The maximum absolute atomic E-state index is 10.8. The van der Waals surface area contributed by atoms with E-state index in [1.807, 2.05) is 0 Å². The zero-order chi connectivity index (χ0) is 14.7. The fourth-order valence-electron chi connectivity index (χ4n) is 1.52. The lowest BCUT2D eigenvalue weighted by Gasteiger charge is -2.08. The summed E-state index contributed by atoms with van der Waals surface area (Å²) in [7, 11) is 0. The fourth-order valence-corrected chi connectivity index (χ4v) is 1.97. The first kappa shape index (κ1) is 14.3. The molecule has 0 heterocycles. The molecule has 0 atom stereocenters. The van der Waals surface area contributed by atoms with Gasteiger partial charge in [0.05, 0.1) is 16.0 Å². The van der Waals surface area contributed by atoms with E-state index in [0.29, 0.717) is 11.3 Å². The summed E-state index contributed by atoms with van der Waals surface area (Å²) in [5.41, 5.74) is -0.103. The van der Waals surface area contributed by atoms with Crippen molar-refractivity contribution < 1.29 is 14.5 Å². The van der Waals surface area contributed by atoms with Crippen LogP contribution in [0.1, 0.15) is 10.4 Å². The second-order valence-electron chi connectivity index (χ2n) is 3.81. The first-order chi connectivity index (χ1) is 9.49. The Morgan fingerprint density at radius 1 is 1.15 bits per heavy atom. The Labute approximate surface area is 123 Å². The number of carbonyl (C=O) groups excluding carboxylic acids is 1. The lowest BCUT2D eigenvalue weighted by Crippen LogP contribution is -1.93. The number of halogens is 2. The molecule has 0 spiro atoms. The zero-order valence-electron chi connectivity index (χ0n) is 9.88. The third kappa shape index (κ3) is 3.26. The molecule has 0 aliphatic heterocycles. The van der Waals surface area contributed by atoms with Gasteiger partial charge in [0.1, 0.15) is 17.8 Å². The quantitative estimate of drug-likeness (QED) is 0.473. The standard InChI is InChI=1S/C13H7Cl2NO4/c14-9-1-2-13(12(15)5-9)20-11-4-8(7-17)3-10(6-11)16(18)19/h1-7H. The van der Waals surface area contributed by atoms with Crippen molar-refractivity contribution in [3.05, 3.63) is 62.1 Å². The summed E-state index contributed by atoms with van der Waals surface area (Å²) >= 11 is 11.7. The molecule has 0 aliphatic rings. The average Bonchev–Trinajstić information content (AvgIpc) is 2.41. The number of aldehydes is 1. The van der Waals surface area contributed by atoms with Gasteiger partial charge in [0.25, 0.3) is 5.69 Å². The van der Waals surface area contributed by atoms with Crippen molar-refractivity contribution >= 4 is 35.2 Å². The smallest absolute Gasteiger partial charge is 0.273 e. The van der Waals surface area contributed by atoms with Crippen LogP contribution in [0, 0.1) is 10.1 Å². The van der Waals surface area contributed by atoms with Gasteiger partial charge < -0.3 is 4.74 Å². The second kappa shape index (κ2) is 5.90. The molecule has 2 rings (SSSR count). The average molecular weight is 312 g/mol. The second-order valence-corrected chi connectivity index (χ2v) is 4.66. The molecule has 5 nitrogen and oxygen atoms in total. The van der Waals surface area contributed by atoms with Gasteiger partial charge in [-0.3, -0.25) is 14.9 Å². The van der Waals surface area contributed by atoms with Crippen LogP contribution in [0.4, 0.5) is 5.69 Å². The van der Waals surface area contributed by atoms with E-state index in [0.717, 1.165) is 6.07 Å². The fraction of sp³-hybridized carbons (Fsp3) is 0. The minimum atomic E-state index is -0.608. The van der Waals surface area contributed by atoms with Gasteiger partial charge in [-0.15, -0.1) is 0 Å². The number of nitro groups is 1. The van der Waals surface area contributed by atoms with Crippen LogP contribution < -0.4 is 4.74 Å². The first-order valence-electron chi connectivity index (χ1n) is 5.37. The maximum atomic E-state index is 10.8. The van der Waals surface area contributed by atoms with Crippen molar-refractivity contribution in [3.8, 4) is 11.5 Å². The van der Waals surface area contributed by atoms with Crippen LogP contribution in [0.25, 0.3) is 0 Å². The number of carbonyl (C=O) groups is 1. The highest BCUT2D eigenvalue weighted by Crippen LogP contribution is 2.33. The van der Waals surface area contributed by atoms with Gasteiger partial charge in [-0.2, -0.15) is 0 Å². The Kier molecular flexibility index (Phi) is 4.22. The van der Waals surface area contributed by atoms with Crippen LogP contribution in [0.15, 0.2) is 36.4 Å². The summed E-state index contributed by atoms with van der Waals surface area (Å²) in [5, 5.41) is 11.5. The van der Waals surface area contributed by atoms with Crippen LogP contribution in [0.3, 0.4) is 0 Å². The topological polar surface area (TPSA) is 69.4 Å². The van der Waals surface area contributed by atoms with E-state index in [9.17, 15) is 14.9 Å². The molecular formula is C13H7Cl2NO4. The number of ether oxygens (including phenoxy) is 1. The normalized spacial score (nSPS) is 10.1. The van der Waals surface area contributed by atoms with E-state index in [1.54, 1.807) is 6.07 Å². The number of nitro benzene ring substituents is 1. The summed E-state index contributed by atoms with van der Waals surface area (Å²) in [6.07, 6.45) is 0.503. The molecule has 20 heavy (non-hydrogen) atoms. The van der Waals surface area contributed by atoms with Crippen LogP contribution >= 0.6 is 23.2 Å². The van der Waals surface area contributed by atoms with Crippen molar-refractivity contribution in [2.24, 2.45) is 0 Å². The lowest BCUT2D eigenvalue weighted by molar-refractivity contribution is -0.384. The van der Waals surface area contributed by atoms with Gasteiger partial charge in [0, 0.05) is 16.7 Å². The van der Waals surface area contributed by atoms with Crippen molar-refractivity contribution in [1.29, 1.82) is 0 Å². The highest BCUT2D eigenvalue weighted by molar-refractivity contribution is 6.35. The Hall–Kier alpha value is -2.11. The Bertz CT molecular complexity index is 688. The molecule has 0 aromatic heterocycles. The van der Waals surface area contributed by atoms with Gasteiger partial charge in [-0.05, 0) is 24.3 Å². The summed E-state index contributed by atoms with van der Waals surface area (Å²) in [4.78, 5) is 20.9. The Balaban J connectivity index is 2.39. The molecule has 0 N–H and O–H groups in total. The molecule has 0 aliphatic carbocycles. The van der Waals surface area contributed by atoms with E-state index in [4.69, 9.17) is 27.9 Å². The number of hydrogen-bond donors (Lipinski definition) is 0. The van der Waals surface area contributed by atoms with Gasteiger partial charge in [-0.1, -0.05) is 23.2 Å². The van der Waals surface area contributed by atoms with Crippen LogP contribution in [-0.2, 0) is 0 Å². The SMILES string of the molecule is O=Cc1cc(Oc2ccc(Cl)cc2Cl)cc([N+](=O)[O-])c1. The molecule has 0 bridgehead atoms. The minimum absolute atomic E-state index is 0.138. The third-order valence-corrected chi connectivity index (χ3v) is 2.91. The molecule has 0 saturated heterocycles. The Morgan fingerprint density at radius 2 is 1.90 bits per heavy atom. The minimum Gasteiger partial charge on any atom is -0.456 e. The van der Waals surface area contributed by atoms with Crippen molar-refractivity contribution in [2.45, 2.75) is 0 Å². The molecule has 0 saturated carbocycles. The number of nitrogens with zero attached hydrogens (tertiary/aromatic N) is 1. The molecule has 0 fully saturated rings. The predicted molar refractivity (Wildman–Crippen MR) is 75.0 cm³/mol. The zero-order valence-corrected chi connectivity index (χ0v) is 11.4. The molecule has 0 amide bonds. The largest absolute Gasteiger partial charge is 0.456 e. The molecule has 7 heteroatoms. The van der Waals surface area contributed by atoms with Crippen molar-refractivity contribution in [2.75, 3.05) is 0 Å². The van der Waals surface area contributed by atoms with Gasteiger partial charge in [0.15, 0.2) is 0 Å². The summed E-state index contributed by atoms with van der Waals surface area (Å²) in [5.74, 6) is 0.430. The lowest BCUT2D eigenvalue weighted by atomic mass is 10.2. The van der Waals surface area contributed by atoms with E-state index >= 15 is 0 Å². The van der Waals surface area contributed by atoms with E-state index in [1.165, 1.54) is 24.3 Å². The number of non-ortho nitro benzene ring substituents is 1. The van der Waals surface area contributed by atoms with E-state index in [2.05, 4.69) is 0 Å². The molecular weight excluding hydrogens is 305 g/mol. The predicted octanol–water partition coefficient (Wildman–Crippen LogP) is 4.51. The summed E-state index contributed by atoms with van der Waals surface area (Å²) in [6, 6.07) is 8.33.